The Morgan fingerprint density at radius 1 is 0.471 bits per heavy atom. The number of amides is 2. The molecule has 296 valence electrons. The van der Waals surface area contributed by atoms with Crippen LogP contribution in [0.15, 0.2) is 0 Å². The minimum atomic E-state index is -1.96. The quantitative estimate of drug-likeness (QED) is 0.0881. The predicted molar refractivity (Wildman–Crippen MR) is 157 cm³/mol. The van der Waals surface area contributed by atoms with Gasteiger partial charge in [-0.3, -0.25) is 9.59 Å². The van der Waals surface area contributed by atoms with E-state index < -0.39 is 161 Å². The fraction of sp³-hybridized carbons (Fsp3) is 0.929. The topological polar surface area (TPSA) is 366 Å². The Bertz CT molecular complexity index is 1140. The van der Waals surface area contributed by atoms with Gasteiger partial charge in [0, 0.05) is 13.8 Å². The van der Waals surface area contributed by atoms with Crippen LogP contribution in [0.3, 0.4) is 0 Å². The maximum absolute atomic E-state index is 12.4. The second-order valence-corrected chi connectivity index (χ2v) is 12.6. The molecule has 0 bridgehead atoms. The Balaban J connectivity index is 1.69. The minimum Gasteiger partial charge on any atom is -0.394 e. The van der Waals surface area contributed by atoms with E-state index in [2.05, 4.69) is 10.6 Å². The van der Waals surface area contributed by atoms with Crippen molar-refractivity contribution in [2.75, 3.05) is 26.4 Å². The van der Waals surface area contributed by atoms with E-state index in [1.165, 1.54) is 0 Å². The number of aliphatic hydroxyl groups is 12. The van der Waals surface area contributed by atoms with Gasteiger partial charge in [-0.15, -0.1) is 0 Å². The molecule has 4 heterocycles. The molecule has 0 aromatic rings. The summed E-state index contributed by atoms with van der Waals surface area (Å²) in [5.74, 6) is -1.53. The second kappa shape index (κ2) is 18.0. The van der Waals surface area contributed by atoms with Gasteiger partial charge in [0.25, 0.3) is 0 Å². The molecule has 4 saturated heterocycles. The first-order chi connectivity index (χ1) is 24.1. The monoisotopic (exact) mass is 748 g/mol. The largest absolute Gasteiger partial charge is 0.394 e. The Morgan fingerprint density at radius 2 is 0.863 bits per heavy atom. The molecule has 4 aliphatic rings. The standard InChI is InChI=1S/C28H48N2O21/c1-7(35)29-13-23(16(38)10(4-32)46-26(13)49-22-12(6-34)45-25(44)20(42)19(22)41)50-27-14(30-8(2)36)24(17(39)11(5-33)47-27)51-28-21(43)18(40)15(37)9(3-31)48-28/h9-28,31-34,37-44H,3-6H2,1-2H3,(H,29,35)(H,30,36)/t9-,10-,11-,12-,13-,14-,15+,16+,17+,18+,19-,20-,21-,22-,23-,24-,25?,26?,27?,28?/m1/s1. The Morgan fingerprint density at radius 3 is 1.29 bits per heavy atom. The highest BCUT2D eigenvalue weighted by Gasteiger charge is 2.56. The van der Waals surface area contributed by atoms with Crippen LogP contribution in [0.5, 0.6) is 0 Å². The van der Waals surface area contributed by atoms with E-state index in [0.29, 0.717) is 0 Å². The number of aliphatic hydroxyl groups excluding tert-OH is 12. The molecule has 14 N–H and O–H groups in total. The van der Waals surface area contributed by atoms with Gasteiger partial charge in [-0.1, -0.05) is 0 Å². The van der Waals surface area contributed by atoms with E-state index in [9.17, 15) is 70.9 Å². The van der Waals surface area contributed by atoms with Crippen molar-refractivity contribution in [1.82, 2.24) is 10.6 Å². The molecule has 0 aromatic heterocycles. The molecular weight excluding hydrogens is 700 g/mol. The second-order valence-electron chi connectivity index (χ2n) is 12.6. The molecular formula is C28H48N2O21. The summed E-state index contributed by atoms with van der Waals surface area (Å²) in [5.41, 5.74) is 0. The number of carbonyl (C=O) groups is 2. The van der Waals surface area contributed by atoms with Crippen molar-refractivity contribution in [2.24, 2.45) is 0 Å². The van der Waals surface area contributed by atoms with Gasteiger partial charge in [-0.05, 0) is 0 Å². The van der Waals surface area contributed by atoms with Crippen LogP contribution in [-0.2, 0) is 42.7 Å². The average Bonchev–Trinajstić information content (AvgIpc) is 3.09. The Labute approximate surface area is 289 Å². The van der Waals surface area contributed by atoms with Crippen molar-refractivity contribution in [3.63, 3.8) is 0 Å². The molecule has 4 unspecified atom stereocenters. The lowest BCUT2D eigenvalue weighted by Crippen LogP contribution is -2.71. The average molecular weight is 749 g/mol. The van der Waals surface area contributed by atoms with E-state index in [1.54, 1.807) is 0 Å². The van der Waals surface area contributed by atoms with E-state index in [1.807, 2.05) is 0 Å². The molecule has 20 atom stereocenters. The van der Waals surface area contributed by atoms with Gasteiger partial charge in [-0.2, -0.15) is 0 Å². The fourth-order valence-corrected chi connectivity index (χ4v) is 6.35. The molecule has 0 spiro atoms. The molecule has 0 aromatic carbocycles. The molecule has 51 heavy (non-hydrogen) atoms. The zero-order valence-electron chi connectivity index (χ0n) is 27.4. The lowest BCUT2D eigenvalue weighted by Gasteiger charge is -2.51. The van der Waals surface area contributed by atoms with Gasteiger partial charge >= 0.3 is 0 Å². The molecule has 23 nitrogen and oxygen atoms in total. The summed E-state index contributed by atoms with van der Waals surface area (Å²) in [6.07, 6.45) is -31.6. The fourth-order valence-electron chi connectivity index (χ4n) is 6.35. The van der Waals surface area contributed by atoms with Crippen molar-refractivity contribution < 1.29 is 104 Å². The minimum absolute atomic E-state index is 0.759. The van der Waals surface area contributed by atoms with Crippen LogP contribution in [0.25, 0.3) is 0 Å². The van der Waals surface area contributed by atoms with Crippen molar-refractivity contribution in [3.05, 3.63) is 0 Å². The summed E-state index contributed by atoms with van der Waals surface area (Å²) in [5, 5.41) is 129. The van der Waals surface area contributed by atoms with E-state index in [-0.39, 0.29) is 0 Å². The van der Waals surface area contributed by atoms with Gasteiger partial charge in [0.15, 0.2) is 25.2 Å². The molecule has 23 heteroatoms. The van der Waals surface area contributed by atoms with Crippen LogP contribution in [0, 0.1) is 0 Å². The highest BCUT2D eigenvalue weighted by molar-refractivity contribution is 5.73. The lowest BCUT2D eigenvalue weighted by molar-refractivity contribution is -0.367. The van der Waals surface area contributed by atoms with Gasteiger partial charge in [0.1, 0.15) is 97.5 Å². The Hall–Kier alpha value is -1.82. The van der Waals surface area contributed by atoms with Crippen molar-refractivity contribution >= 4 is 11.8 Å². The van der Waals surface area contributed by atoms with Crippen LogP contribution >= 0.6 is 0 Å². The Kier molecular flexibility index (Phi) is 14.8. The number of hydrogen-bond donors (Lipinski definition) is 14. The smallest absolute Gasteiger partial charge is 0.217 e. The normalized spacial score (nSPS) is 47.8. The summed E-state index contributed by atoms with van der Waals surface area (Å²) >= 11 is 0. The van der Waals surface area contributed by atoms with E-state index >= 15 is 0 Å². The van der Waals surface area contributed by atoms with Crippen molar-refractivity contribution in [1.29, 1.82) is 0 Å². The van der Waals surface area contributed by atoms with Gasteiger partial charge < -0.3 is 105 Å². The summed E-state index contributed by atoms with van der Waals surface area (Å²) in [6, 6.07) is -3.21. The number of hydrogen-bond acceptors (Lipinski definition) is 21. The van der Waals surface area contributed by atoms with Crippen LogP contribution in [0.2, 0.25) is 0 Å². The van der Waals surface area contributed by atoms with Gasteiger partial charge in [0.05, 0.1) is 26.4 Å². The summed E-state index contributed by atoms with van der Waals surface area (Å²) in [4.78, 5) is 24.8. The maximum atomic E-state index is 12.4. The van der Waals surface area contributed by atoms with Crippen LogP contribution in [0.4, 0.5) is 0 Å². The maximum Gasteiger partial charge on any atom is 0.217 e. The first kappa shape index (κ1) is 41.9. The first-order valence-electron chi connectivity index (χ1n) is 16.1. The molecule has 0 saturated carbocycles. The summed E-state index contributed by atoms with van der Waals surface area (Å²) in [6.45, 7) is -1.36. The number of rotatable bonds is 12. The van der Waals surface area contributed by atoms with Gasteiger partial charge in [-0.25, -0.2) is 0 Å². The SMILES string of the molecule is CC(=O)N[C@H]1C(O[C@H]2[C@@H](O)[C@@H](CO)OC(O[C@H]3[C@H](O)[C@@H](O)C(O)O[C@@H]3CO)[C@@H]2NC(C)=O)O[C@H](CO)[C@H](O)[C@@H]1OC1O[C@H](CO)[C@H](O)[C@H](O)[C@H]1O. The predicted octanol–water partition coefficient (Wildman–Crippen LogP) is -9.46. The summed E-state index contributed by atoms with van der Waals surface area (Å²) < 4.78 is 39.7. The zero-order chi connectivity index (χ0) is 37.9. The van der Waals surface area contributed by atoms with Crippen LogP contribution in [0.1, 0.15) is 13.8 Å². The highest BCUT2D eigenvalue weighted by Crippen LogP contribution is 2.34. The third kappa shape index (κ3) is 9.11. The molecule has 2 amide bonds. The molecule has 0 aliphatic carbocycles. The zero-order valence-corrected chi connectivity index (χ0v) is 27.4. The third-order valence-electron chi connectivity index (χ3n) is 9.01. The number of carbonyl (C=O) groups excluding carboxylic acids is 2. The van der Waals surface area contributed by atoms with Crippen LogP contribution in [-0.4, -0.2) is 222 Å². The third-order valence-corrected chi connectivity index (χ3v) is 9.01. The molecule has 4 rings (SSSR count). The number of nitrogens with one attached hydrogen (secondary N) is 2. The molecule has 4 fully saturated rings. The lowest BCUT2D eigenvalue weighted by atomic mass is 9.93. The first-order valence-corrected chi connectivity index (χ1v) is 16.1. The van der Waals surface area contributed by atoms with Gasteiger partial charge in [0.2, 0.25) is 11.8 Å². The molecule has 4 aliphatic heterocycles. The molecule has 0 radical (unpaired) electrons. The van der Waals surface area contributed by atoms with E-state index in [4.69, 9.17) is 33.2 Å². The summed E-state index contributed by atoms with van der Waals surface area (Å²) in [7, 11) is 0. The van der Waals surface area contributed by atoms with Crippen molar-refractivity contribution in [2.45, 2.75) is 137 Å². The highest BCUT2D eigenvalue weighted by atomic mass is 16.7. The van der Waals surface area contributed by atoms with Crippen LogP contribution < -0.4 is 10.6 Å². The van der Waals surface area contributed by atoms with Crippen molar-refractivity contribution in [3.8, 4) is 0 Å². The number of ether oxygens (including phenoxy) is 7. The van der Waals surface area contributed by atoms with E-state index in [0.717, 1.165) is 13.8 Å².